The largest absolute Gasteiger partial charge is 0.496 e. The summed E-state index contributed by atoms with van der Waals surface area (Å²) in [6.07, 6.45) is 0. The Labute approximate surface area is 120 Å². The molecular formula is C17H20O3. The van der Waals surface area contributed by atoms with E-state index in [1.165, 1.54) is 5.56 Å². The Balaban J connectivity index is 2.24. The van der Waals surface area contributed by atoms with Gasteiger partial charge in [0.15, 0.2) is 0 Å². The quantitative estimate of drug-likeness (QED) is 0.826. The van der Waals surface area contributed by atoms with E-state index in [4.69, 9.17) is 14.2 Å². The number of rotatable bonds is 5. The van der Waals surface area contributed by atoms with Crippen LogP contribution in [0.2, 0.25) is 0 Å². The van der Waals surface area contributed by atoms with Crippen LogP contribution in [-0.4, -0.2) is 14.2 Å². The van der Waals surface area contributed by atoms with Gasteiger partial charge in [-0.05, 0) is 43.2 Å². The first kappa shape index (κ1) is 14.3. The van der Waals surface area contributed by atoms with Crippen LogP contribution in [0.1, 0.15) is 16.7 Å². The standard InChI is InChI=1S/C17H20O3/c1-12-8-9-13(2)17(10-12)20-11-14-15(18-3)6-5-7-16(14)19-4/h5-10H,11H2,1-4H3. The number of benzene rings is 2. The minimum absolute atomic E-state index is 0.414. The summed E-state index contributed by atoms with van der Waals surface area (Å²) in [6.45, 7) is 4.50. The van der Waals surface area contributed by atoms with Crippen molar-refractivity contribution < 1.29 is 14.2 Å². The summed E-state index contributed by atoms with van der Waals surface area (Å²) in [7, 11) is 3.30. The van der Waals surface area contributed by atoms with Crippen molar-refractivity contribution >= 4 is 0 Å². The van der Waals surface area contributed by atoms with Gasteiger partial charge in [0, 0.05) is 0 Å². The van der Waals surface area contributed by atoms with E-state index < -0.39 is 0 Å². The van der Waals surface area contributed by atoms with Gasteiger partial charge in [-0.25, -0.2) is 0 Å². The third-order valence-corrected chi connectivity index (χ3v) is 3.25. The monoisotopic (exact) mass is 272 g/mol. The van der Waals surface area contributed by atoms with Crippen molar-refractivity contribution in [3.8, 4) is 17.2 Å². The van der Waals surface area contributed by atoms with Crippen molar-refractivity contribution in [1.29, 1.82) is 0 Å². The molecule has 0 atom stereocenters. The molecule has 0 aliphatic carbocycles. The van der Waals surface area contributed by atoms with E-state index in [1.54, 1.807) is 14.2 Å². The van der Waals surface area contributed by atoms with Crippen molar-refractivity contribution in [3.05, 3.63) is 53.1 Å². The van der Waals surface area contributed by atoms with E-state index >= 15 is 0 Å². The Hall–Kier alpha value is -2.16. The maximum Gasteiger partial charge on any atom is 0.129 e. The van der Waals surface area contributed by atoms with Crippen LogP contribution in [0.5, 0.6) is 17.2 Å². The minimum Gasteiger partial charge on any atom is -0.496 e. The van der Waals surface area contributed by atoms with Gasteiger partial charge in [0.1, 0.15) is 23.9 Å². The first-order valence-corrected chi connectivity index (χ1v) is 6.55. The summed E-state index contributed by atoms with van der Waals surface area (Å²) in [4.78, 5) is 0. The van der Waals surface area contributed by atoms with Gasteiger partial charge in [0.05, 0.1) is 19.8 Å². The van der Waals surface area contributed by atoms with Crippen molar-refractivity contribution in [2.45, 2.75) is 20.5 Å². The summed E-state index contributed by atoms with van der Waals surface area (Å²) >= 11 is 0. The Morgan fingerprint density at radius 3 is 2.10 bits per heavy atom. The second kappa shape index (κ2) is 6.33. The van der Waals surface area contributed by atoms with E-state index in [2.05, 4.69) is 19.1 Å². The fourth-order valence-corrected chi connectivity index (χ4v) is 2.08. The Morgan fingerprint density at radius 2 is 1.50 bits per heavy atom. The van der Waals surface area contributed by atoms with Crippen molar-refractivity contribution in [1.82, 2.24) is 0 Å². The van der Waals surface area contributed by atoms with Crippen LogP contribution in [0, 0.1) is 13.8 Å². The van der Waals surface area contributed by atoms with Crippen LogP contribution in [0.4, 0.5) is 0 Å². The molecule has 0 radical (unpaired) electrons. The lowest BCUT2D eigenvalue weighted by Gasteiger charge is -2.15. The second-order valence-electron chi connectivity index (χ2n) is 4.70. The fraction of sp³-hybridized carbons (Fsp3) is 0.294. The Kier molecular flexibility index (Phi) is 4.51. The van der Waals surface area contributed by atoms with Crippen LogP contribution in [-0.2, 0) is 6.61 Å². The van der Waals surface area contributed by atoms with Gasteiger partial charge in [0.25, 0.3) is 0 Å². The van der Waals surface area contributed by atoms with Gasteiger partial charge in [-0.15, -0.1) is 0 Å². The number of aryl methyl sites for hydroxylation is 2. The minimum atomic E-state index is 0.414. The van der Waals surface area contributed by atoms with Crippen molar-refractivity contribution in [3.63, 3.8) is 0 Å². The molecule has 0 spiro atoms. The van der Waals surface area contributed by atoms with E-state index in [0.29, 0.717) is 6.61 Å². The normalized spacial score (nSPS) is 10.2. The first-order chi connectivity index (χ1) is 9.65. The average Bonchev–Trinajstić information content (AvgIpc) is 2.47. The molecule has 0 aliphatic heterocycles. The van der Waals surface area contributed by atoms with Gasteiger partial charge < -0.3 is 14.2 Å². The lowest BCUT2D eigenvalue weighted by Crippen LogP contribution is -2.02. The summed E-state index contributed by atoms with van der Waals surface area (Å²) < 4.78 is 16.7. The molecule has 0 amide bonds. The Morgan fingerprint density at radius 1 is 0.850 bits per heavy atom. The summed E-state index contributed by atoms with van der Waals surface area (Å²) in [6, 6.07) is 11.9. The molecule has 3 nitrogen and oxygen atoms in total. The zero-order chi connectivity index (χ0) is 14.5. The zero-order valence-electron chi connectivity index (χ0n) is 12.4. The molecule has 0 aromatic heterocycles. The Bertz CT molecular complexity index is 569. The molecule has 0 fully saturated rings. The molecule has 3 heteroatoms. The van der Waals surface area contributed by atoms with Gasteiger partial charge in [-0.2, -0.15) is 0 Å². The highest BCUT2D eigenvalue weighted by atomic mass is 16.5. The van der Waals surface area contributed by atoms with Crippen molar-refractivity contribution in [2.75, 3.05) is 14.2 Å². The molecule has 0 unspecified atom stereocenters. The van der Waals surface area contributed by atoms with E-state index in [1.807, 2.05) is 31.2 Å². The predicted molar refractivity (Wildman–Crippen MR) is 79.8 cm³/mol. The maximum absolute atomic E-state index is 5.93. The van der Waals surface area contributed by atoms with Gasteiger partial charge >= 0.3 is 0 Å². The van der Waals surface area contributed by atoms with Gasteiger partial charge in [-0.3, -0.25) is 0 Å². The van der Waals surface area contributed by atoms with Crippen molar-refractivity contribution in [2.24, 2.45) is 0 Å². The summed E-state index contributed by atoms with van der Waals surface area (Å²) in [5, 5.41) is 0. The summed E-state index contributed by atoms with van der Waals surface area (Å²) in [5.41, 5.74) is 3.21. The van der Waals surface area contributed by atoms with Crippen LogP contribution in [0.25, 0.3) is 0 Å². The maximum atomic E-state index is 5.93. The predicted octanol–water partition coefficient (Wildman–Crippen LogP) is 3.90. The molecule has 0 heterocycles. The average molecular weight is 272 g/mol. The molecule has 2 rings (SSSR count). The second-order valence-corrected chi connectivity index (χ2v) is 4.70. The SMILES string of the molecule is COc1cccc(OC)c1COc1cc(C)ccc1C. The molecule has 106 valence electrons. The molecule has 0 N–H and O–H groups in total. The van der Waals surface area contributed by atoms with E-state index in [0.717, 1.165) is 28.4 Å². The smallest absolute Gasteiger partial charge is 0.129 e. The molecule has 2 aromatic rings. The zero-order valence-corrected chi connectivity index (χ0v) is 12.4. The molecule has 0 saturated heterocycles. The topological polar surface area (TPSA) is 27.7 Å². The van der Waals surface area contributed by atoms with Crippen LogP contribution < -0.4 is 14.2 Å². The third kappa shape index (κ3) is 3.05. The third-order valence-electron chi connectivity index (χ3n) is 3.25. The highest BCUT2D eigenvalue weighted by Crippen LogP contribution is 2.30. The summed E-state index contributed by atoms with van der Waals surface area (Å²) in [5.74, 6) is 2.43. The van der Waals surface area contributed by atoms with E-state index in [9.17, 15) is 0 Å². The molecule has 20 heavy (non-hydrogen) atoms. The lowest BCUT2D eigenvalue weighted by molar-refractivity contribution is 0.284. The van der Waals surface area contributed by atoms with Crippen LogP contribution in [0.3, 0.4) is 0 Å². The number of hydrogen-bond donors (Lipinski definition) is 0. The van der Waals surface area contributed by atoms with E-state index in [-0.39, 0.29) is 0 Å². The highest BCUT2D eigenvalue weighted by Gasteiger charge is 2.11. The van der Waals surface area contributed by atoms with Gasteiger partial charge in [0.2, 0.25) is 0 Å². The molecular weight excluding hydrogens is 252 g/mol. The molecule has 2 aromatic carbocycles. The lowest BCUT2D eigenvalue weighted by atomic mass is 10.1. The highest BCUT2D eigenvalue weighted by molar-refractivity contribution is 5.45. The number of hydrogen-bond acceptors (Lipinski definition) is 3. The number of methoxy groups -OCH3 is 2. The first-order valence-electron chi connectivity index (χ1n) is 6.55. The molecule has 0 saturated carbocycles. The van der Waals surface area contributed by atoms with Gasteiger partial charge in [-0.1, -0.05) is 18.2 Å². The number of ether oxygens (including phenoxy) is 3. The van der Waals surface area contributed by atoms with Crippen LogP contribution >= 0.6 is 0 Å². The molecule has 0 bridgehead atoms. The fourth-order valence-electron chi connectivity index (χ4n) is 2.08. The van der Waals surface area contributed by atoms with Crippen LogP contribution in [0.15, 0.2) is 36.4 Å². The molecule has 0 aliphatic rings.